The summed E-state index contributed by atoms with van der Waals surface area (Å²) in [6.45, 7) is 7.40. The van der Waals surface area contributed by atoms with E-state index >= 15 is 0 Å². The number of sulfonamides is 1. The molecule has 7 nitrogen and oxygen atoms in total. The van der Waals surface area contributed by atoms with Gasteiger partial charge in [0.15, 0.2) is 0 Å². The number of halogens is 1. The number of aliphatic hydroxyl groups is 1. The maximum Gasteiger partial charge on any atom is 0.221 e. The Hall–Kier alpha value is -0.670. The molecule has 0 unspecified atom stereocenters. The summed E-state index contributed by atoms with van der Waals surface area (Å²) in [5.74, 6) is -0.349. The van der Waals surface area contributed by atoms with Crippen LogP contribution < -0.4 is 0 Å². The molecule has 1 atom stereocenters. The van der Waals surface area contributed by atoms with E-state index in [1.807, 2.05) is 32.9 Å². The second-order valence-electron chi connectivity index (χ2n) is 5.85. The van der Waals surface area contributed by atoms with Gasteiger partial charge in [0.2, 0.25) is 10.0 Å². The molecule has 0 saturated heterocycles. The molecule has 0 rings (SSSR count). The molecule has 0 spiro atoms. The third-order valence-corrected chi connectivity index (χ3v) is 5.73. The minimum absolute atomic E-state index is 0.0298. The van der Waals surface area contributed by atoms with E-state index in [1.165, 1.54) is 4.31 Å². The third kappa shape index (κ3) is 11.1. The van der Waals surface area contributed by atoms with Crippen LogP contribution in [0.25, 0.3) is 0 Å². The van der Waals surface area contributed by atoms with E-state index in [1.54, 1.807) is 12.1 Å². The summed E-state index contributed by atoms with van der Waals surface area (Å²) in [6.07, 6.45) is 5.46. The Labute approximate surface area is 163 Å². The van der Waals surface area contributed by atoms with Gasteiger partial charge in [-0.2, -0.15) is 9.41 Å². The third-order valence-electron chi connectivity index (χ3n) is 3.64. The first-order valence-corrected chi connectivity index (χ1v) is 11.1. The van der Waals surface area contributed by atoms with Crippen LogP contribution in [0.1, 0.15) is 40.0 Å². The number of rotatable bonds is 15. The highest BCUT2D eigenvalue weighted by molar-refractivity contribution is 7.90. The van der Waals surface area contributed by atoms with Crippen molar-refractivity contribution in [1.82, 2.24) is 9.31 Å². The molecular formula is C17H34ClN3O4S. The van der Waals surface area contributed by atoms with E-state index in [-0.39, 0.29) is 36.7 Å². The lowest BCUT2D eigenvalue weighted by molar-refractivity contribution is 0.0404. The maximum atomic E-state index is 12.8. The lowest BCUT2D eigenvalue weighted by Gasteiger charge is -2.26. The fourth-order valence-electron chi connectivity index (χ4n) is 2.20. The van der Waals surface area contributed by atoms with Crippen LogP contribution >= 0.6 is 11.6 Å². The molecular weight excluding hydrogens is 378 g/mol. The molecule has 0 fully saturated rings. The molecule has 0 saturated carbocycles. The van der Waals surface area contributed by atoms with Gasteiger partial charge in [0.25, 0.3) is 0 Å². The number of hydrazone groups is 1. The summed E-state index contributed by atoms with van der Waals surface area (Å²) in [5, 5.41) is 14.7. The summed E-state index contributed by atoms with van der Waals surface area (Å²) in [5.41, 5.74) is 0. The summed E-state index contributed by atoms with van der Waals surface area (Å²) >= 11 is 6.05. The van der Waals surface area contributed by atoms with Crippen molar-refractivity contribution in [3.63, 3.8) is 0 Å². The van der Waals surface area contributed by atoms with E-state index in [0.717, 1.165) is 6.42 Å². The van der Waals surface area contributed by atoms with Gasteiger partial charge in [-0.1, -0.05) is 30.7 Å². The van der Waals surface area contributed by atoms with Gasteiger partial charge in [0.1, 0.15) is 10.9 Å². The Morgan fingerprint density at radius 2 is 2.00 bits per heavy atom. The number of aliphatic hydroxyl groups excluding tert-OH is 1. The van der Waals surface area contributed by atoms with Crippen molar-refractivity contribution < 1.29 is 18.3 Å². The molecule has 0 bridgehead atoms. The van der Waals surface area contributed by atoms with Crippen molar-refractivity contribution >= 4 is 26.8 Å². The van der Waals surface area contributed by atoms with Gasteiger partial charge in [-0.15, -0.1) is 0 Å². The molecule has 9 heteroatoms. The Bertz CT molecular complexity index is 526. The van der Waals surface area contributed by atoms with Crippen molar-refractivity contribution in [2.75, 3.05) is 45.6 Å². The van der Waals surface area contributed by atoms with E-state index < -0.39 is 10.0 Å². The van der Waals surface area contributed by atoms with Gasteiger partial charge >= 0.3 is 0 Å². The summed E-state index contributed by atoms with van der Waals surface area (Å²) in [4.78, 5) is 0. The first-order valence-electron chi connectivity index (χ1n) is 9.09. The Morgan fingerprint density at radius 1 is 1.31 bits per heavy atom. The molecule has 0 aromatic heterocycles. The quantitative estimate of drug-likeness (QED) is 0.254. The van der Waals surface area contributed by atoms with Gasteiger partial charge in [-0.25, -0.2) is 8.42 Å². The lowest BCUT2D eigenvalue weighted by atomic mass is 10.2. The zero-order chi connectivity index (χ0) is 20.0. The predicted octanol–water partition coefficient (Wildman–Crippen LogP) is 2.27. The SMILES string of the molecule is CC/C=C\CN(C[C@H](CCCO)OCC)S(=O)(=O)C/C(Cl)=N\N(C)CC. The Balaban J connectivity index is 5.28. The second-order valence-corrected chi connectivity index (χ2v) is 8.25. The number of hydrogen-bond donors (Lipinski definition) is 1. The summed E-state index contributed by atoms with van der Waals surface area (Å²) < 4.78 is 32.7. The molecule has 0 aliphatic rings. The smallest absolute Gasteiger partial charge is 0.221 e. The van der Waals surface area contributed by atoms with E-state index in [0.29, 0.717) is 26.0 Å². The van der Waals surface area contributed by atoms with Crippen molar-refractivity contribution in [2.24, 2.45) is 5.10 Å². The van der Waals surface area contributed by atoms with E-state index in [2.05, 4.69) is 5.10 Å². The molecule has 0 amide bonds. The fourth-order valence-corrected chi connectivity index (χ4v) is 3.99. The van der Waals surface area contributed by atoms with Crippen molar-refractivity contribution in [3.05, 3.63) is 12.2 Å². The van der Waals surface area contributed by atoms with E-state index in [4.69, 9.17) is 21.4 Å². The van der Waals surface area contributed by atoms with Gasteiger partial charge in [0, 0.05) is 39.9 Å². The van der Waals surface area contributed by atoms with Crippen LogP contribution in [0.15, 0.2) is 17.3 Å². The minimum Gasteiger partial charge on any atom is -0.396 e. The van der Waals surface area contributed by atoms with Crippen LogP contribution in [0.2, 0.25) is 0 Å². The maximum absolute atomic E-state index is 12.8. The van der Waals surface area contributed by atoms with Crippen LogP contribution in [0.3, 0.4) is 0 Å². The van der Waals surface area contributed by atoms with Gasteiger partial charge in [0.05, 0.1) is 6.10 Å². The topological polar surface area (TPSA) is 82.4 Å². The molecule has 0 radical (unpaired) electrons. The monoisotopic (exact) mass is 411 g/mol. The van der Waals surface area contributed by atoms with Gasteiger partial charge < -0.3 is 9.84 Å². The highest BCUT2D eigenvalue weighted by atomic mass is 35.5. The lowest BCUT2D eigenvalue weighted by Crippen LogP contribution is -2.41. The Morgan fingerprint density at radius 3 is 2.54 bits per heavy atom. The molecule has 26 heavy (non-hydrogen) atoms. The molecule has 0 aromatic rings. The highest BCUT2D eigenvalue weighted by Crippen LogP contribution is 2.12. The first kappa shape index (κ1) is 25.3. The highest BCUT2D eigenvalue weighted by Gasteiger charge is 2.26. The largest absolute Gasteiger partial charge is 0.396 e. The predicted molar refractivity (Wildman–Crippen MR) is 108 cm³/mol. The van der Waals surface area contributed by atoms with Crippen LogP contribution in [0.4, 0.5) is 0 Å². The second kappa shape index (κ2) is 14.4. The van der Waals surface area contributed by atoms with E-state index in [9.17, 15) is 8.42 Å². The van der Waals surface area contributed by atoms with Crippen molar-refractivity contribution in [1.29, 1.82) is 0 Å². The Kier molecular flexibility index (Phi) is 14.0. The number of nitrogens with zero attached hydrogens (tertiary/aromatic N) is 3. The average molecular weight is 412 g/mol. The number of ether oxygens (including phenoxy) is 1. The molecule has 0 aliphatic carbocycles. The van der Waals surface area contributed by atoms with Crippen molar-refractivity contribution in [2.45, 2.75) is 46.1 Å². The minimum atomic E-state index is -3.64. The van der Waals surface area contributed by atoms with Crippen LogP contribution in [0, 0.1) is 0 Å². The van der Waals surface area contributed by atoms with Gasteiger partial charge in [-0.3, -0.25) is 5.01 Å². The van der Waals surface area contributed by atoms with Gasteiger partial charge in [-0.05, 0) is 33.1 Å². The number of allylic oxidation sites excluding steroid dienone is 1. The molecule has 0 aliphatic heterocycles. The van der Waals surface area contributed by atoms with Crippen LogP contribution in [-0.2, 0) is 14.8 Å². The zero-order valence-corrected chi connectivity index (χ0v) is 18.0. The summed E-state index contributed by atoms with van der Waals surface area (Å²) in [6, 6.07) is 0. The van der Waals surface area contributed by atoms with Crippen LogP contribution in [-0.4, -0.2) is 79.8 Å². The first-order chi connectivity index (χ1) is 12.3. The standard InChI is InChI=1S/C17H34ClN3O4S/c1-5-8-9-12-21(14-16(25-7-3)11-10-13-22)26(23,24)15-17(18)19-20(4)6-2/h8-9,16,22H,5-7,10-15H2,1-4H3/b9-8-,19-17+/t16-/m0/s1. The zero-order valence-electron chi connectivity index (χ0n) is 16.4. The van der Waals surface area contributed by atoms with Crippen LogP contribution in [0.5, 0.6) is 0 Å². The molecule has 0 heterocycles. The number of hydrogen-bond acceptors (Lipinski definition) is 6. The molecule has 0 aromatic carbocycles. The van der Waals surface area contributed by atoms with Crippen molar-refractivity contribution in [3.8, 4) is 0 Å². The summed E-state index contributed by atoms with van der Waals surface area (Å²) in [7, 11) is -1.91. The molecule has 1 N–H and O–H groups in total. The average Bonchev–Trinajstić information content (AvgIpc) is 2.58. The fraction of sp³-hybridized carbons (Fsp3) is 0.824. The normalized spacial score (nSPS) is 14.3. The molecule has 154 valence electrons.